The van der Waals surface area contributed by atoms with Crippen molar-refractivity contribution in [3.05, 3.63) is 99.5 Å². The lowest BCUT2D eigenvalue weighted by Crippen LogP contribution is -2.16. The summed E-state index contributed by atoms with van der Waals surface area (Å²) >= 11 is 0. The van der Waals surface area contributed by atoms with Crippen molar-refractivity contribution in [3.63, 3.8) is 0 Å². The minimum Gasteiger partial charge on any atom is -0.348 e. The molecule has 4 rings (SSSR count). The maximum absolute atomic E-state index is 13.4. The molecule has 9 heteroatoms. The number of halogens is 3. The molecule has 0 aliphatic rings. The number of anilines is 1. The Balaban J connectivity index is 1.85. The van der Waals surface area contributed by atoms with Crippen LogP contribution in [0.2, 0.25) is 0 Å². The first-order valence-electron chi connectivity index (χ1n) is 10.7. The van der Waals surface area contributed by atoms with Crippen LogP contribution in [0.1, 0.15) is 35.2 Å². The van der Waals surface area contributed by atoms with Crippen LogP contribution in [0.4, 0.5) is 19.1 Å². The average Bonchev–Trinajstić information content (AvgIpc) is 2.84. The van der Waals surface area contributed by atoms with Crippen molar-refractivity contribution in [2.24, 2.45) is 0 Å². The lowest BCUT2D eigenvalue weighted by molar-refractivity contribution is -0.137. The number of aromatic amines is 1. The molecule has 6 nitrogen and oxygen atoms in total. The van der Waals surface area contributed by atoms with Crippen molar-refractivity contribution >= 4 is 5.95 Å². The summed E-state index contributed by atoms with van der Waals surface area (Å²) in [6.45, 7) is 3.51. The Morgan fingerprint density at radius 1 is 1.09 bits per heavy atom. The highest BCUT2D eigenvalue weighted by Gasteiger charge is 2.31. The summed E-state index contributed by atoms with van der Waals surface area (Å²) in [5, 5.41) is 12.7. The third-order valence-electron chi connectivity index (χ3n) is 5.61. The zero-order valence-electron chi connectivity index (χ0n) is 18.8. The molecule has 2 aromatic carbocycles. The zero-order valence-corrected chi connectivity index (χ0v) is 18.8. The molecule has 0 bridgehead atoms. The van der Waals surface area contributed by atoms with E-state index in [4.69, 9.17) is 0 Å². The third-order valence-corrected chi connectivity index (χ3v) is 5.61. The Morgan fingerprint density at radius 3 is 2.51 bits per heavy atom. The summed E-state index contributed by atoms with van der Waals surface area (Å²) < 4.78 is 40.1. The highest BCUT2D eigenvalue weighted by atomic mass is 19.4. The van der Waals surface area contributed by atoms with Crippen molar-refractivity contribution in [1.82, 2.24) is 15.0 Å². The molecule has 0 radical (unpaired) electrons. The molecule has 1 atom stereocenters. The lowest BCUT2D eigenvalue weighted by atomic mass is 9.95. The quantitative estimate of drug-likeness (QED) is 0.376. The normalized spacial score (nSPS) is 12.1. The third kappa shape index (κ3) is 4.92. The van der Waals surface area contributed by atoms with Gasteiger partial charge in [0.05, 0.1) is 23.0 Å². The number of nitrogens with one attached hydrogen (secondary N) is 2. The second kappa shape index (κ2) is 9.43. The molecule has 0 aliphatic carbocycles. The Bertz CT molecular complexity index is 1470. The fraction of sp³-hybridized carbons (Fsp3) is 0.154. The number of benzene rings is 2. The number of H-pyrrole nitrogens is 1. The van der Waals surface area contributed by atoms with Gasteiger partial charge in [0.1, 0.15) is 11.6 Å². The van der Waals surface area contributed by atoms with Gasteiger partial charge in [0.15, 0.2) is 0 Å². The predicted octanol–water partition coefficient (Wildman–Crippen LogP) is 5.87. The van der Waals surface area contributed by atoms with E-state index in [1.165, 1.54) is 18.3 Å². The first-order chi connectivity index (χ1) is 16.7. The largest absolute Gasteiger partial charge is 0.416 e. The van der Waals surface area contributed by atoms with E-state index in [9.17, 15) is 23.2 Å². The van der Waals surface area contributed by atoms with E-state index < -0.39 is 17.3 Å². The van der Waals surface area contributed by atoms with Crippen molar-refractivity contribution < 1.29 is 13.2 Å². The van der Waals surface area contributed by atoms with E-state index in [1.807, 2.05) is 43.3 Å². The number of pyridine rings is 1. The lowest BCUT2D eigenvalue weighted by Gasteiger charge is -2.17. The number of alkyl halides is 3. The van der Waals surface area contributed by atoms with Crippen LogP contribution in [0.15, 0.2) is 71.7 Å². The van der Waals surface area contributed by atoms with Gasteiger partial charge in [0, 0.05) is 11.8 Å². The fourth-order valence-electron chi connectivity index (χ4n) is 3.83. The Morgan fingerprint density at radius 2 is 1.83 bits per heavy atom. The number of aromatic nitrogens is 3. The topological polar surface area (TPSA) is 94.5 Å². The Kier molecular flexibility index (Phi) is 6.38. The first kappa shape index (κ1) is 23.7. The van der Waals surface area contributed by atoms with E-state index in [0.717, 1.165) is 17.7 Å². The van der Waals surface area contributed by atoms with E-state index in [1.54, 1.807) is 13.0 Å². The Labute approximate surface area is 199 Å². The van der Waals surface area contributed by atoms with Crippen molar-refractivity contribution in [3.8, 4) is 28.6 Å². The molecule has 0 saturated heterocycles. The number of nitriles is 1. The van der Waals surface area contributed by atoms with Gasteiger partial charge in [-0.25, -0.2) is 9.97 Å². The van der Waals surface area contributed by atoms with Gasteiger partial charge in [0.2, 0.25) is 5.95 Å². The van der Waals surface area contributed by atoms with Crippen molar-refractivity contribution in [2.75, 3.05) is 5.32 Å². The smallest absolute Gasteiger partial charge is 0.348 e. The summed E-state index contributed by atoms with van der Waals surface area (Å²) in [5.41, 5.74) is 0.614. The molecule has 0 saturated carbocycles. The van der Waals surface area contributed by atoms with Gasteiger partial charge in [-0.2, -0.15) is 18.4 Å². The predicted molar refractivity (Wildman–Crippen MR) is 126 cm³/mol. The number of nitrogens with zero attached hydrogens (tertiary/aromatic N) is 3. The van der Waals surface area contributed by atoms with Gasteiger partial charge in [0.25, 0.3) is 5.56 Å². The van der Waals surface area contributed by atoms with E-state index in [-0.39, 0.29) is 28.8 Å². The molecule has 4 aromatic rings. The number of hydrogen-bond acceptors (Lipinski definition) is 5. The highest BCUT2D eigenvalue weighted by molar-refractivity contribution is 5.83. The molecule has 176 valence electrons. The maximum atomic E-state index is 13.4. The second-order valence-electron chi connectivity index (χ2n) is 7.94. The summed E-state index contributed by atoms with van der Waals surface area (Å²) in [7, 11) is 0. The highest BCUT2D eigenvalue weighted by Crippen LogP contribution is 2.36. The van der Waals surface area contributed by atoms with E-state index in [0.29, 0.717) is 16.8 Å². The minimum atomic E-state index is -4.56. The Hall–Kier alpha value is -4.45. The van der Waals surface area contributed by atoms with Crippen LogP contribution in [0.3, 0.4) is 0 Å². The first-order valence-corrected chi connectivity index (χ1v) is 10.7. The van der Waals surface area contributed by atoms with Gasteiger partial charge >= 0.3 is 6.18 Å². The molecule has 2 aromatic heterocycles. The molecular weight excluding hydrogens is 455 g/mol. The van der Waals surface area contributed by atoms with Crippen LogP contribution >= 0.6 is 0 Å². The molecule has 0 fully saturated rings. The molecule has 2 N–H and O–H groups in total. The molecular formula is C26H20F3N5O. The fourth-order valence-corrected chi connectivity index (χ4v) is 3.83. The average molecular weight is 475 g/mol. The van der Waals surface area contributed by atoms with Crippen LogP contribution in [0, 0.1) is 18.3 Å². The molecule has 0 spiro atoms. The van der Waals surface area contributed by atoms with Crippen LogP contribution in [-0.4, -0.2) is 15.0 Å². The van der Waals surface area contributed by atoms with Gasteiger partial charge in [-0.3, -0.25) is 4.79 Å². The van der Waals surface area contributed by atoms with Crippen LogP contribution in [0.5, 0.6) is 0 Å². The van der Waals surface area contributed by atoms with Crippen molar-refractivity contribution in [1.29, 1.82) is 5.26 Å². The standard InChI is InChI=1S/C26H20F3N5O/c1-15-20(14-30)24(35)34-23(18-9-6-10-19(13-18)26(27,28)29)22(15)21-11-12-31-25(33-21)32-16(2)17-7-4-3-5-8-17/h3-13,16H,1-2H3,(H,34,35)(H,31,32,33). The van der Waals surface area contributed by atoms with Crippen molar-refractivity contribution in [2.45, 2.75) is 26.1 Å². The summed E-state index contributed by atoms with van der Waals surface area (Å²) in [6, 6.07) is 17.6. The minimum absolute atomic E-state index is 0.124. The summed E-state index contributed by atoms with van der Waals surface area (Å²) in [5.74, 6) is 0.290. The molecule has 2 heterocycles. The molecule has 0 amide bonds. The number of rotatable bonds is 5. The molecule has 0 aliphatic heterocycles. The molecule has 35 heavy (non-hydrogen) atoms. The van der Waals surface area contributed by atoms with E-state index >= 15 is 0 Å². The van der Waals surface area contributed by atoms with Gasteiger partial charge in [-0.05, 0) is 48.7 Å². The SMILES string of the molecule is Cc1c(-c2ccnc(NC(C)c3ccccc3)n2)c(-c2cccc(C(F)(F)F)c2)[nH]c(=O)c1C#N. The second-order valence-corrected chi connectivity index (χ2v) is 7.94. The molecule has 1 unspecified atom stereocenters. The van der Waals surface area contributed by atoms with Crippen LogP contribution in [0.25, 0.3) is 22.5 Å². The summed E-state index contributed by atoms with van der Waals surface area (Å²) in [4.78, 5) is 24.0. The van der Waals surface area contributed by atoms with Crippen LogP contribution in [-0.2, 0) is 6.18 Å². The maximum Gasteiger partial charge on any atom is 0.416 e. The monoisotopic (exact) mass is 475 g/mol. The van der Waals surface area contributed by atoms with Crippen LogP contribution < -0.4 is 10.9 Å². The van der Waals surface area contributed by atoms with E-state index in [2.05, 4.69) is 20.3 Å². The zero-order chi connectivity index (χ0) is 25.2. The van der Waals surface area contributed by atoms with Gasteiger partial charge in [-0.15, -0.1) is 0 Å². The number of hydrogen-bond donors (Lipinski definition) is 2. The summed E-state index contributed by atoms with van der Waals surface area (Å²) in [6.07, 6.45) is -3.05. The van der Waals surface area contributed by atoms with Gasteiger partial charge < -0.3 is 10.3 Å². The van der Waals surface area contributed by atoms with Gasteiger partial charge in [-0.1, -0.05) is 42.5 Å².